The van der Waals surface area contributed by atoms with Gasteiger partial charge in [0.2, 0.25) is 8.32 Å². The van der Waals surface area contributed by atoms with Crippen LogP contribution < -0.4 is 0 Å². The lowest BCUT2D eigenvalue weighted by Crippen LogP contribution is -2.43. The summed E-state index contributed by atoms with van der Waals surface area (Å²) in [6.07, 6.45) is -0.414. The molecule has 2 rings (SSSR count). The Labute approximate surface area is 145 Å². The van der Waals surface area contributed by atoms with Crippen molar-refractivity contribution >= 4 is 14.3 Å². The Kier molecular flexibility index (Phi) is 4.72. The van der Waals surface area contributed by atoms with Crippen LogP contribution in [0.25, 0.3) is 0 Å². The minimum Gasteiger partial charge on any atom is -0.544 e. The fraction of sp³-hybridized carbons (Fsp3) is 0.526. The van der Waals surface area contributed by atoms with Crippen molar-refractivity contribution in [1.82, 2.24) is 0 Å². The Morgan fingerprint density at radius 2 is 1.79 bits per heavy atom. The maximum absolute atomic E-state index is 12.5. The molecule has 2 atom stereocenters. The highest BCUT2D eigenvalue weighted by Crippen LogP contribution is 2.56. The zero-order valence-corrected chi connectivity index (χ0v) is 16.7. The fourth-order valence-electron chi connectivity index (χ4n) is 2.37. The topological polar surface area (TPSA) is 48.1 Å². The van der Waals surface area contributed by atoms with Gasteiger partial charge in [0.15, 0.2) is 0 Å². The number of rotatable bonds is 5. The molecule has 5 heteroatoms. The largest absolute Gasteiger partial charge is 0.544 e. The molecule has 1 aliphatic rings. The van der Waals surface area contributed by atoms with Gasteiger partial charge in [0.05, 0.1) is 7.11 Å². The second-order valence-corrected chi connectivity index (χ2v) is 12.6. The van der Waals surface area contributed by atoms with Gasteiger partial charge in [-0.3, -0.25) is 0 Å². The average Bonchev–Trinajstić information content (AvgIpc) is 3.22. The van der Waals surface area contributed by atoms with Crippen LogP contribution in [0.15, 0.2) is 36.6 Å². The molecule has 0 bridgehead atoms. The average molecular weight is 349 g/mol. The summed E-state index contributed by atoms with van der Waals surface area (Å²) in [6, 6.07) is 7.92. The molecule has 0 N–H and O–H groups in total. The number of methoxy groups -OCH3 is 1. The van der Waals surface area contributed by atoms with Crippen LogP contribution in [0.3, 0.4) is 0 Å². The number of ether oxygens (including phenoxy) is 2. The highest BCUT2D eigenvalue weighted by molar-refractivity contribution is 6.74. The summed E-state index contributed by atoms with van der Waals surface area (Å²) in [4.78, 5) is 12.5. The fourth-order valence-corrected chi connectivity index (χ4v) is 3.44. The monoisotopic (exact) mass is 348 g/mol. The van der Waals surface area contributed by atoms with E-state index in [2.05, 4.69) is 40.4 Å². The smallest absolute Gasteiger partial charge is 0.349 e. The predicted molar refractivity (Wildman–Crippen MR) is 97.2 cm³/mol. The summed E-state index contributed by atoms with van der Waals surface area (Å²) in [6.45, 7) is 16.7. The first-order chi connectivity index (χ1) is 11.0. The molecule has 1 saturated heterocycles. The molecular formula is C19H28O4Si. The molecule has 0 spiro atoms. The maximum Gasteiger partial charge on any atom is 0.349 e. The number of hydrogen-bond donors (Lipinski definition) is 0. The second kappa shape index (κ2) is 6.04. The Morgan fingerprint density at radius 1 is 1.25 bits per heavy atom. The first kappa shape index (κ1) is 18.7. The number of epoxide rings is 1. The second-order valence-electron chi connectivity index (χ2n) is 7.92. The third kappa shape index (κ3) is 3.15. The van der Waals surface area contributed by atoms with Crippen molar-refractivity contribution in [3.05, 3.63) is 47.7 Å². The Bertz CT molecular complexity index is 642. The van der Waals surface area contributed by atoms with E-state index in [1.807, 2.05) is 31.2 Å². The van der Waals surface area contributed by atoms with Crippen molar-refractivity contribution in [3.8, 4) is 0 Å². The molecular weight excluding hydrogens is 320 g/mol. The maximum atomic E-state index is 12.5. The van der Waals surface area contributed by atoms with Gasteiger partial charge in [0.1, 0.15) is 11.9 Å². The molecule has 0 amide bonds. The van der Waals surface area contributed by atoms with Crippen molar-refractivity contribution in [2.75, 3.05) is 7.11 Å². The van der Waals surface area contributed by atoms with Crippen LogP contribution in [0.5, 0.6) is 0 Å². The number of esters is 1. The molecule has 1 aromatic rings. The standard InChI is InChI=1S/C19H28O4Si/c1-13-9-11-15(12-10-13)16-19(22-16,17(20)21-6)14(2)23-24(7,8)18(3,4)5/h9-12,16H,2H2,1,3-8H3/t16-,19-/m0/s1. The lowest BCUT2D eigenvalue weighted by Gasteiger charge is -2.37. The van der Waals surface area contributed by atoms with E-state index < -0.39 is 26.0 Å². The van der Waals surface area contributed by atoms with E-state index in [0.717, 1.165) is 11.1 Å². The Hall–Kier alpha value is -1.59. The minimum absolute atomic E-state index is 0.00148. The highest BCUT2D eigenvalue weighted by Gasteiger charge is 2.68. The van der Waals surface area contributed by atoms with E-state index in [9.17, 15) is 4.79 Å². The molecule has 132 valence electrons. The molecule has 0 unspecified atom stereocenters. The summed E-state index contributed by atoms with van der Waals surface area (Å²) < 4.78 is 17.1. The summed E-state index contributed by atoms with van der Waals surface area (Å²) in [5, 5.41) is 0.00148. The van der Waals surface area contributed by atoms with Crippen LogP contribution in [0, 0.1) is 6.92 Å². The van der Waals surface area contributed by atoms with Crippen LogP contribution in [-0.2, 0) is 18.7 Å². The third-order valence-electron chi connectivity index (χ3n) is 5.08. The molecule has 24 heavy (non-hydrogen) atoms. The minimum atomic E-state index is -2.12. The predicted octanol–water partition coefficient (Wildman–Crippen LogP) is 4.51. The SMILES string of the molecule is C=C(O[Si](C)(C)C(C)(C)C)[C@]1(C(=O)OC)O[C@H]1c1ccc(C)cc1. The molecule has 0 saturated carbocycles. The van der Waals surface area contributed by atoms with Crippen LogP contribution in [0.1, 0.15) is 38.0 Å². The highest BCUT2D eigenvalue weighted by atomic mass is 28.4. The van der Waals surface area contributed by atoms with E-state index in [1.54, 1.807) is 0 Å². The van der Waals surface area contributed by atoms with Gasteiger partial charge in [0, 0.05) is 0 Å². The van der Waals surface area contributed by atoms with E-state index in [0.29, 0.717) is 5.76 Å². The van der Waals surface area contributed by atoms with E-state index in [-0.39, 0.29) is 5.04 Å². The summed E-state index contributed by atoms with van der Waals surface area (Å²) in [5.41, 5.74) is 0.838. The van der Waals surface area contributed by atoms with Gasteiger partial charge < -0.3 is 13.9 Å². The van der Waals surface area contributed by atoms with Crippen LogP contribution in [0.2, 0.25) is 18.1 Å². The molecule has 1 aromatic carbocycles. The number of carbonyl (C=O) groups excluding carboxylic acids is 1. The van der Waals surface area contributed by atoms with Crippen LogP contribution in [0.4, 0.5) is 0 Å². The van der Waals surface area contributed by atoms with Crippen LogP contribution in [-0.4, -0.2) is 27.0 Å². The molecule has 4 nitrogen and oxygen atoms in total. The molecule has 0 aromatic heterocycles. The number of hydrogen-bond acceptors (Lipinski definition) is 4. The number of benzene rings is 1. The number of carbonyl (C=O) groups is 1. The lowest BCUT2D eigenvalue weighted by molar-refractivity contribution is -0.146. The molecule has 1 heterocycles. The Balaban J connectivity index is 2.30. The van der Waals surface area contributed by atoms with Gasteiger partial charge in [-0.1, -0.05) is 57.2 Å². The first-order valence-corrected chi connectivity index (χ1v) is 11.1. The first-order valence-electron chi connectivity index (χ1n) is 8.17. The lowest BCUT2D eigenvalue weighted by atomic mass is 9.97. The van der Waals surface area contributed by atoms with Gasteiger partial charge >= 0.3 is 5.97 Å². The normalized spacial score (nSPS) is 23.5. The zero-order valence-electron chi connectivity index (χ0n) is 15.7. The van der Waals surface area contributed by atoms with Crippen molar-refractivity contribution < 1.29 is 18.7 Å². The Morgan fingerprint density at radius 3 is 2.25 bits per heavy atom. The van der Waals surface area contributed by atoms with Gasteiger partial charge in [-0.05, 0) is 30.6 Å². The van der Waals surface area contributed by atoms with Crippen LogP contribution >= 0.6 is 0 Å². The summed E-state index contributed by atoms with van der Waals surface area (Å²) >= 11 is 0. The van der Waals surface area contributed by atoms with Crippen molar-refractivity contribution in [2.45, 2.75) is 57.5 Å². The van der Waals surface area contributed by atoms with Gasteiger partial charge in [-0.25, -0.2) is 4.79 Å². The number of aryl methyl sites for hydroxylation is 1. The van der Waals surface area contributed by atoms with Crippen molar-refractivity contribution in [1.29, 1.82) is 0 Å². The molecule has 0 aliphatic carbocycles. The zero-order chi connectivity index (χ0) is 18.3. The van der Waals surface area contributed by atoms with Crippen molar-refractivity contribution in [2.24, 2.45) is 0 Å². The van der Waals surface area contributed by atoms with Gasteiger partial charge in [-0.15, -0.1) is 0 Å². The third-order valence-corrected chi connectivity index (χ3v) is 9.45. The van der Waals surface area contributed by atoms with Gasteiger partial charge in [0.25, 0.3) is 5.60 Å². The quantitative estimate of drug-likeness (QED) is 0.340. The van der Waals surface area contributed by atoms with E-state index in [1.165, 1.54) is 7.11 Å². The molecule has 1 fully saturated rings. The van der Waals surface area contributed by atoms with E-state index in [4.69, 9.17) is 13.9 Å². The molecule has 0 radical (unpaired) electrons. The summed E-state index contributed by atoms with van der Waals surface area (Å²) in [5.74, 6) is -0.108. The molecule has 1 aliphatic heterocycles. The van der Waals surface area contributed by atoms with E-state index >= 15 is 0 Å². The van der Waals surface area contributed by atoms with Gasteiger partial charge in [-0.2, -0.15) is 0 Å². The van der Waals surface area contributed by atoms with Crippen molar-refractivity contribution in [3.63, 3.8) is 0 Å². The summed E-state index contributed by atoms with van der Waals surface area (Å²) in [7, 11) is -0.764.